The van der Waals surface area contributed by atoms with Gasteiger partial charge in [0.25, 0.3) is 5.91 Å². The second kappa shape index (κ2) is 6.43. The van der Waals surface area contributed by atoms with Crippen LogP contribution in [0.1, 0.15) is 35.9 Å². The summed E-state index contributed by atoms with van der Waals surface area (Å²) in [5, 5.41) is 12.4. The van der Waals surface area contributed by atoms with Crippen LogP contribution in [0.3, 0.4) is 0 Å². The zero-order valence-electron chi connectivity index (χ0n) is 12.2. The molecule has 0 aliphatic carbocycles. The van der Waals surface area contributed by atoms with Gasteiger partial charge in [0, 0.05) is 18.4 Å². The summed E-state index contributed by atoms with van der Waals surface area (Å²) in [6.45, 7) is 4.21. The Morgan fingerprint density at radius 2 is 2.10 bits per heavy atom. The molecule has 5 nitrogen and oxygen atoms in total. The van der Waals surface area contributed by atoms with Gasteiger partial charge >= 0.3 is 5.97 Å². The highest BCUT2D eigenvalue weighted by molar-refractivity contribution is 5.96. The molecule has 2 rings (SSSR count). The Labute approximate surface area is 122 Å². The first-order valence-corrected chi connectivity index (χ1v) is 6.99. The summed E-state index contributed by atoms with van der Waals surface area (Å²) in [5.74, 6) is -0.984. The molecule has 0 radical (unpaired) electrons. The molecule has 1 amide bonds. The number of amides is 1. The minimum atomic E-state index is -0.852. The summed E-state index contributed by atoms with van der Waals surface area (Å²) in [6, 6.07) is 7.42. The molecule has 1 atom stereocenters. The van der Waals surface area contributed by atoms with Gasteiger partial charge in [-0.1, -0.05) is 25.0 Å². The third kappa shape index (κ3) is 3.84. The zero-order chi connectivity index (χ0) is 15.4. The highest BCUT2D eigenvalue weighted by Crippen LogP contribution is 2.20. The molecule has 0 saturated heterocycles. The molecular weight excluding hydrogens is 270 g/mol. The lowest BCUT2D eigenvalue weighted by Crippen LogP contribution is -2.29. The van der Waals surface area contributed by atoms with E-state index < -0.39 is 5.97 Å². The van der Waals surface area contributed by atoms with Crippen molar-refractivity contribution >= 4 is 22.8 Å². The predicted molar refractivity (Wildman–Crippen MR) is 79.3 cm³/mol. The van der Waals surface area contributed by atoms with Crippen molar-refractivity contribution in [1.82, 2.24) is 5.32 Å². The van der Waals surface area contributed by atoms with Crippen LogP contribution in [-0.2, 0) is 4.79 Å². The average Bonchev–Trinajstić information content (AvgIpc) is 2.85. The lowest BCUT2D eigenvalue weighted by molar-refractivity contribution is -0.138. The van der Waals surface area contributed by atoms with Crippen molar-refractivity contribution in [3.8, 4) is 0 Å². The van der Waals surface area contributed by atoms with Gasteiger partial charge in [0.15, 0.2) is 5.76 Å². The average molecular weight is 289 g/mol. The number of fused-ring (bicyclic) bond motifs is 1. The van der Waals surface area contributed by atoms with Gasteiger partial charge < -0.3 is 14.8 Å². The van der Waals surface area contributed by atoms with Crippen LogP contribution in [0.4, 0.5) is 0 Å². The fraction of sp³-hybridized carbons (Fsp3) is 0.375. The number of hydrogen-bond donors (Lipinski definition) is 2. The first kappa shape index (κ1) is 15.1. The van der Waals surface area contributed by atoms with Crippen molar-refractivity contribution in [2.45, 2.75) is 26.7 Å². The molecule has 21 heavy (non-hydrogen) atoms. The van der Waals surface area contributed by atoms with Gasteiger partial charge in [-0.15, -0.1) is 0 Å². The van der Waals surface area contributed by atoms with Crippen LogP contribution >= 0.6 is 0 Å². The highest BCUT2D eigenvalue weighted by atomic mass is 16.4. The summed E-state index contributed by atoms with van der Waals surface area (Å²) in [7, 11) is 0. The van der Waals surface area contributed by atoms with E-state index in [1.807, 2.05) is 32.0 Å². The van der Waals surface area contributed by atoms with Crippen LogP contribution in [0, 0.1) is 12.8 Å². The van der Waals surface area contributed by atoms with E-state index >= 15 is 0 Å². The SMILES string of the molecule is CCC(CNC(=O)c1cc2cc(C)ccc2o1)CC(=O)O. The minimum Gasteiger partial charge on any atom is -0.481 e. The molecular formula is C16H19NO4. The molecule has 112 valence electrons. The fourth-order valence-corrected chi connectivity index (χ4v) is 2.21. The smallest absolute Gasteiger partial charge is 0.303 e. The van der Waals surface area contributed by atoms with Crippen LogP contribution in [0.5, 0.6) is 0 Å². The molecule has 0 bridgehead atoms. The van der Waals surface area contributed by atoms with Crippen molar-refractivity contribution in [1.29, 1.82) is 0 Å². The summed E-state index contributed by atoms with van der Waals surface area (Å²) < 4.78 is 5.50. The molecule has 1 aromatic carbocycles. The van der Waals surface area contributed by atoms with E-state index in [0.717, 1.165) is 10.9 Å². The van der Waals surface area contributed by atoms with Crippen LogP contribution in [-0.4, -0.2) is 23.5 Å². The number of hydrogen-bond acceptors (Lipinski definition) is 3. The van der Waals surface area contributed by atoms with Gasteiger partial charge in [0.05, 0.1) is 0 Å². The first-order chi connectivity index (χ1) is 9.99. The fourth-order valence-electron chi connectivity index (χ4n) is 2.21. The summed E-state index contributed by atoms with van der Waals surface area (Å²) in [6.07, 6.45) is 0.752. The zero-order valence-corrected chi connectivity index (χ0v) is 12.2. The monoisotopic (exact) mass is 289 g/mol. The number of aryl methyl sites for hydroxylation is 1. The van der Waals surface area contributed by atoms with Gasteiger partial charge in [-0.2, -0.15) is 0 Å². The molecule has 1 unspecified atom stereocenters. The number of aliphatic carboxylic acids is 1. The van der Waals surface area contributed by atoms with E-state index in [9.17, 15) is 9.59 Å². The summed E-state index contributed by atoms with van der Waals surface area (Å²) in [5.41, 5.74) is 1.77. The number of carbonyl (C=O) groups is 2. The van der Waals surface area contributed by atoms with Crippen molar-refractivity contribution in [3.05, 3.63) is 35.6 Å². The molecule has 0 spiro atoms. The van der Waals surface area contributed by atoms with Gasteiger partial charge in [0.1, 0.15) is 5.58 Å². The number of carboxylic acid groups (broad SMARTS) is 1. The maximum atomic E-state index is 12.1. The quantitative estimate of drug-likeness (QED) is 0.856. The van der Waals surface area contributed by atoms with Gasteiger partial charge in [-0.05, 0) is 31.0 Å². The van der Waals surface area contributed by atoms with Crippen molar-refractivity contribution in [3.63, 3.8) is 0 Å². The normalized spacial score (nSPS) is 12.3. The summed E-state index contributed by atoms with van der Waals surface area (Å²) >= 11 is 0. The van der Waals surface area contributed by atoms with Crippen molar-refractivity contribution in [2.75, 3.05) is 6.54 Å². The lowest BCUT2D eigenvalue weighted by atomic mass is 10.0. The number of nitrogens with one attached hydrogen (secondary N) is 1. The van der Waals surface area contributed by atoms with E-state index in [4.69, 9.17) is 9.52 Å². The number of benzene rings is 1. The van der Waals surface area contributed by atoms with Gasteiger partial charge in [0.2, 0.25) is 0 Å². The molecule has 2 N–H and O–H groups in total. The molecule has 0 saturated carbocycles. The Bertz CT molecular complexity index is 659. The van der Waals surface area contributed by atoms with E-state index in [1.165, 1.54) is 0 Å². The molecule has 2 aromatic rings. The van der Waals surface area contributed by atoms with E-state index in [1.54, 1.807) is 6.07 Å². The third-order valence-electron chi connectivity index (χ3n) is 3.49. The number of carboxylic acids is 1. The van der Waals surface area contributed by atoms with E-state index in [-0.39, 0.29) is 24.0 Å². The third-order valence-corrected chi connectivity index (χ3v) is 3.49. The van der Waals surface area contributed by atoms with Crippen molar-refractivity contribution < 1.29 is 19.1 Å². The maximum Gasteiger partial charge on any atom is 0.303 e. The molecule has 1 aromatic heterocycles. The Morgan fingerprint density at radius 1 is 1.33 bits per heavy atom. The Balaban J connectivity index is 2.03. The molecule has 1 heterocycles. The Morgan fingerprint density at radius 3 is 2.76 bits per heavy atom. The topological polar surface area (TPSA) is 79.5 Å². The van der Waals surface area contributed by atoms with Crippen molar-refractivity contribution in [2.24, 2.45) is 5.92 Å². The molecule has 5 heteroatoms. The van der Waals surface area contributed by atoms with Gasteiger partial charge in [-0.3, -0.25) is 9.59 Å². The largest absolute Gasteiger partial charge is 0.481 e. The first-order valence-electron chi connectivity index (χ1n) is 6.99. The van der Waals surface area contributed by atoms with Crippen LogP contribution in [0.25, 0.3) is 11.0 Å². The summed E-state index contributed by atoms with van der Waals surface area (Å²) in [4.78, 5) is 22.8. The van der Waals surface area contributed by atoms with Crippen LogP contribution in [0.2, 0.25) is 0 Å². The maximum absolute atomic E-state index is 12.1. The molecule has 0 aliphatic heterocycles. The minimum absolute atomic E-state index is 0.0517. The number of furan rings is 1. The van der Waals surface area contributed by atoms with E-state index in [2.05, 4.69) is 5.32 Å². The van der Waals surface area contributed by atoms with Gasteiger partial charge in [-0.25, -0.2) is 0 Å². The second-order valence-corrected chi connectivity index (χ2v) is 5.23. The highest BCUT2D eigenvalue weighted by Gasteiger charge is 2.16. The number of rotatable bonds is 6. The van der Waals surface area contributed by atoms with E-state index in [0.29, 0.717) is 18.5 Å². The van der Waals surface area contributed by atoms with Crippen LogP contribution in [0.15, 0.2) is 28.7 Å². The number of carbonyl (C=O) groups excluding carboxylic acids is 1. The Hall–Kier alpha value is -2.30. The second-order valence-electron chi connectivity index (χ2n) is 5.23. The lowest BCUT2D eigenvalue weighted by Gasteiger charge is -2.12. The molecule has 0 aliphatic rings. The standard InChI is InChI=1S/C16H19NO4/c1-3-11(7-15(18)19)9-17-16(20)14-8-12-6-10(2)4-5-13(12)21-14/h4-6,8,11H,3,7,9H2,1-2H3,(H,17,20)(H,18,19). The Kier molecular flexibility index (Phi) is 4.62. The van der Waals surface area contributed by atoms with Crippen LogP contribution < -0.4 is 5.32 Å². The molecule has 0 fully saturated rings. The predicted octanol–water partition coefficient (Wildman–Crippen LogP) is 2.97.